The Hall–Kier alpha value is -0.580. The first-order chi connectivity index (χ1) is 4.66. The molecule has 11 heavy (non-hydrogen) atoms. The lowest BCUT2D eigenvalue weighted by Crippen LogP contribution is -2.06. The minimum absolute atomic E-state index is 0. The number of rotatable bonds is 4. The van der Waals surface area contributed by atoms with Gasteiger partial charge in [-0.2, -0.15) is 0 Å². The van der Waals surface area contributed by atoms with E-state index in [0.29, 0.717) is 6.61 Å². The molecule has 0 aromatic carbocycles. The standard InChI is InChI=1S/C6H10O4.BrH/c1-2-10-6(9)4-3-5(7)8;/h2-4H2,1H3,(H,7,8);1H. The SMILES string of the molecule is Br.CCOC(=O)CCC(=O)O. The average molecular weight is 227 g/mol. The van der Waals surface area contributed by atoms with Gasteiger partial charge in [0.25, 0.3) is 0 Å². The minimum atomic E-state index is -0.979. The van der Waals surface area contributed by atoms with Crippen molar-refractivity contribution in [3.63, 3.8) is 0 Å². The highest BCUT2D eigenvalue weighted by molar-refractivity contribution is 8.93. The molecule has 0 saturated carbocycles. The van der Waals surface area contributed by atoms with Gasteiger partial charge in [-0.15, -0.1) is 17.0 Å². The Labute approximate surface area is 75.3 Å². The molecule has 0 saturated heterocycles. The lowest BCUT2D eigenvalue weighted by atomic mass is 10.3. The monoisotopic (exact) mass is 226 g/mol. The maximum Gasteiger partial charge on any atom is 0.306 e. The highest BCUT2D eigenvalue weighted by Crippen LogP contribution is 1.91. The molecule has 0 radical (unpaired) electrons. The normalized spacial score (nSPS) is 8.09. The van der Waals surface area contributed by atoms with Crippen molar-refractivity contribution in [3.8, 4) is 0 Å². The van der Waals surface area contributed by atoms with Crippen molar-refractivity contribution in [1.82, 2.24) is 0 Å². The van der Waals surface area contributed by atoms with Gasteiger partial charge in [0, 0.05) is 0 Å². The first kappa shape index (κ1) is 13.0. The predicted molar refractivity (Wildman–Crippen MR) is 43.8 cm³/mol. The second-order valence-corrected chi connectivity index (χ2v) is 1.70. The summed E-state index contributed by atoms with van der Waals surface area (Å²) in [5, 5.41) is 8.12. The Kier molecular flexibility index (Phi) is 8.92. The zero-order valence-electron chi connectivity index (χ0n) is 6.20. The van der Waals surface area contributed by atoms with Crippen molar-refractivity contribution in [2.75, 3.05) is 6.61 Å². The highest BCUT2D eigenvalue weighted by Gasteiger charge is 2.04. The largest absolute Gasteiger partial charge is 0.481 e. The molecule has 0 bridgehead atoms. The molecular formula is C6H11BrO4. The molecule has 0 atom stereocenters. The van der Waals surface area contributed by atoms with Crippen molar-refractivity contribution in [2.45, 2.75) is 19.8 Å². The van der Waals surface area contributed by atoms with Crippen LogP contribution in [0.4, 0.5) is 0 Å². The van der Waals surface area contributed by atoms with Gasteiger partial charge >= 0.3 is 11.9 Å². The number of carbonyl (C=O) groups excluding carboxylic acids is 1. The number of carbonyl (C=O) groups is 2. The lowest BCUT2D eigenvalue weighted by Gasteiger charge is -1.97. The molecule has 0 aliphatic heterocycles. The molecule has 5 heteroatoms. The summed E-state index contributed by atoms with van der Waals surface area (Å²) in [7, 11) is 0. The second kappa shape index (κ2) is 7.53. The summed E-state index contributed by atoms with van der Waals surface area (Å²) in [5.74, 6) is -1.43. The molecule has 1 N–H and O–H groups in total. The van der Waals surface area contributed by atoms with E-state index in [1.807, 2.05) is 0 Å². The fourth-order valence-corrected chi connectivity index (χ4v) is 0.442. The molecule has 0 amide bonds. The summed E-state index contributed by atoms with van der Waals surface area (Å²) in [6.45, 7) is 1.98. The Morgan fingerprint density at radius 3 is 2.27 bits per heavy atom. The summed E-state index contributed by atoms with van der Waals surface area (Å²) in [5.41, 5.74) is 0. The van der Waals surface area contributed by atoms with Crippen LogP contribution in [0.1, 0.15) is 19.8 Å². The summed E-state index contributed by atoms with van der Waals surface area (Å²) < 4.78 is 4.49. The molecule has 0 aromatic rings. The Bertz CT molecular complexity index is 135. The van der Waals surface area contributed by atoms with Crippen molar-refractivity contribution < 1.29 is 19.4 Å². The van der Waals surface area contributed by atoms with Gasteiger partial charge in [-0.1, -0.05) is 0 Å². The van der Waals surface area contributed by atoms with Crippen LogP contribution in [0, 0.1) is 0 Å². The van der Waals surface area contributed by atoms with Crippen LogP contribution < -0.4 is 0 Å². The van der Waals surface area contributed by atoms with E-state index < -0.39 is 11.9 Å². The topological polar surface area (TPSA) is 63.6 Å². The third-order valence-electron chi connectivity index (χ3n) is 0.848. The third kappa shape index (κ3) is 9.42. The van der Waals surface area contributed by atoms with Gasteiger partial charge in [0.1, 0.15) is 0 Å². The number of esters is 1. The zero-order valence-corrected chi connectivity index (χ0v) is 7.91. The van der Waals surface area contributed by atoms with E-state index in [1.165, 1.54) is 0 Å². The highest BCUT2D eigenvalue weighted by atomic mass is 79.9. The lowest BCUT2D eigenvalue weighted by molar-refractivity contribution is -0.147. The number of hydrogen-bond donors (Lipinski definition) is 1. The van der Waals surface area contributed by atoms with Gasteiger partial charge in [0.2, 0.25) is 0 Å². The van der Waals surface area contributed by atoms with Crippen LogP contribution in [0.15, 0.2) is 0 Å². The molecule has 4 nitrogen and oxygen atoms in total. The fraction of sp³-hybridized carbons (Fsp3) is 0.667. The number of hydrogen-bond acceptors (Lipinski definition) is 3. The predicted octanol–water partition coefficient (Wildman–Crippen LogP) is 0.992. The molecule has 0 aliphatic carbocycles. The number of carboxylic acid groups (broad SMARTS) is 1. The summed E-state index contributed by atoms with van der Waals surface area (Å²) in [6, 6.07) is 0. The van der Waals surface area contributed by atoms with Gasteiger partial charge in [-0.3, -0.25) is 9.59 Å². The van der Waals surface area contributed by atoms with Crippen molar-refractivity contribution in [1.29, 1.82) is 0 Å². The van der Waals surface area contributed by atoms with E-state index in [9.17, 15) is 9.59 Å². The Balaban J connectivity index is 0. The van der Waals surface area contributed by atoms with Gasteiger partial charge in [0.15, 0.2) is 0 Å². The molecule has 0 heterocycles. The van der Waals surface area contributed by atoms with E-state index in [1.54, 1.807) is 6.92 Å². The summed E-state index contributed by atoms with van der Waals surface area (Å²) in [4.78, 5) is 20.4. The zero-order chi connectivity index (χ0) is 7.98. The fourth-order valence-electron chi connectivity index (χ4n) is 0.442. The number of carboxylic acids is 1. The maximum atomic E-state index is 10.5. The molecule has 0 fully saturated rings. The van der Waals surface area contributed by atoms with E-state index in [-0.39, 0.29) is 29.8 Å². The molecule has 0 unspecified atom stereocenters. The second-order valence-electron chi connectivity index (χ2n) is 1.70. The quantitative estimate of drug-likeness (QED) is 0.727. The summed E-state index contributed by atoms with van der Waals surface area (Å²) in [6.07, 6.45) is -0.192. The number of aliphatic carboxylic acids is 1. The van der Waals surface area contributed by atoms with Crippen LogP contribution in [0.5, 0.6) is 0 Å². The van der Waals surface area contributed by atoms with Gasteiger partial charge < -0.3 is 9.84 Å². The van der Waals surface area contributed by atoms with Crippen LogP contribution in [-0.4, -0.2) is 23.7 Å². The Morgan fingerprint density at radius 2 is 1.91 bits per heavy atom. The van der Waals surface area contributed by atoms with Gasteiger partial charge in [-0.25, -0.2) is 0 Å². The van der Waals surface area contributed by atoms with Crippen LogP contribution in [-0.2, 0) is 14.3 Å². The van der Waals surface area contributed by atoms with Crippen molar-refractivity contribution in [3.05, 3.63) is 0 Å². The van der Waals surface area contributed by atoms with E-state index in [2.05, 4.69) is 4.74 Å². The van der Waals surface area contributed by atoms with Gasteiger partial charge in [0.05, 0.1) is 19.4 Å². The van der Waals surface area contributed by atoms with Gasteiger partial charge in [-0.05, 0) is 6.92 Å². The van der Waals surface area contributed by atoms with Crippen molar-refractivity contribution in [2.24, 2.45) is 0 Å². The van der Waals surface area contributed by atoms with Crippen LogP contribution in [0.3, 0.4) is 0 Å². The molecule has 66 valence electrons. The number of halogens is 1. The maximum absolute atomic E-state index is 10.5. The van der Waals surface area contributed by atoms with Crippen LogP contribution >= 0.6 is 17.0 Å². The Morgan fingerprint density at radius 1 is 1.36 bits per heavy atom. The molecule has 0 rings (SSSR count). The molecule has 0 spiro atoms. The molecule has 0 aliphatic rings. The summed E-state index contributed by atoms with van der Waals surface area (Å²) >= 11 is 0. The van der Waals surface area contributed by atoms with Crippen LogP contribution in [0.2, 0.25) is 0 Å². The smallest absolute Gasteiger partial charge is 0.306 e. The minimum Gasteiger partial charge on any atom is -0.481 e. The van der Waals surface area contributed by atoms with E-state index in [4.69, 9.17) is 5.11 Å². The molecule has 0 aromatic heterocycles. The van der Waals surface area contributed by atoms with Crippen LogP contribution in [0.25, 0.3) is 0 Å². The van der Waals surface area contributed by atoms with E-state index >= 15 is 0 Å². The van der Waals surface area contributed by atoms with Crippen molar-refractivity contribution >= 4 is 28.9 Å². The third-order valence-corrected chi connectivity index (χ3v) is 0.848. The average Bonchev–Trinajstić information content (AvgIpc) is 1.85. The first-order valence-corrected chi connectivity index (χ1v) is 3.04. The first-order valence-electron chi connectivity index (χ1n) is 3.04. The number of ether oxygens (including phenoxy) is 1. The van der Waals surface area contributed by atoms with E-state index in [0.717, 1.165) is 0 Å². The molecular weight excluding hydrogens is 216 g/mol.